The molecule has 1 atom stereocenters. The monoisotopic (exact) mass is 377 g/mol. The number of amides is 1. The standard InChI is InChI=1S/C18H23N3O4S/c1-4-17-18(12(2)20-25-17)16-6-5-11-21(16)26(23,24)15-9-7-14(8-10-15)19-13(3)22/h7-10,16H,4-6,11H2,1-3H3,(H,19,22). The maximum Gasteiger partial charge on any atom is 0.243 e. The van der Waals surface area contributed by atoms with E-state index in [0.717, 1.165) is 29.9 Å². The second-order valence-corrected chi connectivity index (χ2v) is 8.33. The van der Waals surface area contributed by atoms with Crippen molar-refractivity contribution >= 4 is 21.6 Å². The van der Waals surface area contributed by atoms with Crippen LogP contribution < -0.4 is 5.32 Å². The highest BCUT2D eigenvalue weighted by Crippen LogP contribution is 2.39. The Labute approximate surface area is 153 Å². The van der Waals surface area contributed by atoms with Gasteiger partial charge in [-0.2, -0.15) is 4.31 Å². The molecule has 0 aliphatic carbocycles. The van der Waals surface area contributed by atoms with E-state index in [1.807, 2.05) is 13.8 Å². The molecule has 0 spiro atoms. The van der Waals surface area contributed by atoms with Crippen molar-refractivity contribution in [3.8, 4) is 0 Å². The molecule has 2 heterocycles. The highest BCUT2D eigenvalue weighted by atomic mass is 32.2. The number of hydrogen-bond donors (Lipinski definition) is 1. The van der Waals surface area contributed by atoms with E-state index in [0.29, 0.717) is 18.7 Å². The number of hydrogen-bond acceptors (Lipinski definition) is 5. The molecular weight excluding hydrogens is 354 g/mol. The fraction of sp³-hybridized carbons (Fsp3) is 0.444. The summed E-state index contributed by atoms with van der Waals surface area (Å²) < 4.78 is 33.2. The number of rotatable bonds is 5. The third-order valence-corrected chi connectivity index (χ3v) is 6.54. The third kappa shape index (κ3) is 3.39. The van der Waals surface area contributed by atoms with E-state index in [4.69, 9.17) is 4.52 Å². The zero-order chi connectivity index (χ0) is 18.9. The van der Waals surface area contributed by atoms with Gasteiger partial charge in [0, 0.05) is 31.1 Å². The summed E-state index contributed by atoms with van der Waals surface area (Å²) in [6, 6.07) is 5.99. The van der Waals surface area contributed by atoms with Crippen molar-refractivity contribution in [2.24, 2.45) is 0 Å². The Kier molecular flexibility index (Phi) is 5.15. The molecule has 1 amide bonds. The second-order valence-electron chi connectivity index (χ2n) is 6.44. The topological polar surface area (TPSA) is 92.5 Å². The SMILES string of the molecule is CCc1onc(C)c1C1CCCN1S(=O)(=O)c1ccc(NC(C)=O)cc1. The molecule has 2 aromatic rings. The number of sulfonamides is 1. The average Bonchev–Trinajstić information content (AvgIpc) is 3.21. The van der Waals surface area contributed by atoms with Gasteiger partial charge in [0.05, 0.1) is 16.6 Å². The number of aromatic nitrogens is 1. The Hall–Kier alpha value is -2.19. The fourth-order valence-electron chi connectivity index (χ4n) is 3.47. The maximum absolute atomic E-state index is 13.2. The van der Waals surface area contributed by atoms with Gasteiger partial charge in [-0.3, -0.25) is 4.79 Å². The van der Waals surface area contributed by atoms with Crippen LogP contribution >= 0.6 is 0 Å². The molecule has 8 heteroatoms. The van der Waals surface area contributed by atoms with Gasteiger partial charge < -0.3 is 9.84 Å². The number of carbonyl (C=O) groups excluding carboxylic acids is 1. The molecular formula is C18H23N3O4S. The minimum atomic E-state index is -3.65. The van der Waals surface area contributed by atoms with Gasteiger partial charge >= 0.3 is 0 Å². The van der Waals surface area contributed by atoms with Gasteiger partial charge in [-0.1, -0.05) is 12.1 Å². The number of benzene rings is 1. The van der Waals surface area contributed by atoms with Gasteiger partial charge in [-0.05, 0) is 44.0 Å². The Morgan fingerprint density at radius 2 is 2.04 bits per heavy atom. The molecule has 1 aliphatic rings. The average molecular weight is 377 g/mol. The molecule has 1 aromatic carbocycles. The Bertz CT molecular complexity index is 903. The van der Waals surface area contributed by atoms with Crippen molar-refractivity contribution in [3.05, 3.63) is 41.3 Å². The number of aryl methyl sites for hydroxylation is 2. The van der Waals surface area contributed by atoms with Crippen molar-refractivity contribution in [2.45, 2.75) is 51.0 Å². The molecule has 3 rings (SSSR count). The van der Waals surface area contributed by atoms with Gasteiger partial charge in [0.2, 0.25) is 15.9 Å². The van der Waals surface area contributed by atoms with Crippen molar-refractivity contribution < 1.29 is 17.7 Å². The van der Waals surface area contributed by atoms with Crippen LogP contribution in [0.3, 0.4) is 0 Å². The lowest BCUT2D eigenvalue weighted by molar-refractivity contribution is -0.114. The normalized spacial score (nSPS) is 18.2. The van der Waals surface area contributed by atoms with Crippen LogP contribution in [0.15, 0.2) is 33.7 Å². The summed E-state index contributed by atoms with van der Waals surface area (Å²) in [7, 11) is -3.65. The summed E-state index contributed by atoms with van der Waals surface area (Å²) in [4.78, 5) is 11.3. The first-order valence-corrected chi connectivity index (χ1v) is 10.1. The first-order chi connectivity index (χ1) is 12.3. The molecule has 0 bridgehead atoms. The van der Waals surface area contributed by atoms with Crippen LogP contribution in [0.5, 0.6) is 0 Å². The first kappa shape index (κ1) is 18.6. The van der Waals surface area contributed by atoms with E-state index in [1.54, 1.807) is 16.4 Å². The number of nitrogens with one attached hydrogen (secondary N) is 1. The van der Waals surface area contributed by atoms with E-state index in [2.05, 4.69) is 10.5 Å². The quantitative estimate of drug-likeness (QED) is 0.864. The van der Waals surface area contributed by atoms with E-state index >= 15 is 0 Å². The smallest absolute Gasteiger partial charge is 0.243 e. The van der Waals surface area contributed by atoms with Crippen LogP contribution in [0.1, 0.15) is 49.7 Å². The molecule has 1 N–H and O–H groups in total. The van der Waals surface area contributed by atoms with Gasteiger partial charge in [0.1, 0.15) is 5.76 Å². The van der Waals surface area contributed by atoms with Gasteiger partial charge in [-0.15, -0.1) is 0 Å². The van der Waals surface area contributed by atoms with Crippen LogP contribution in [0.25, 0.3) is 0 Å². The van der Waals surface area contributed by atoms with E-state index in [9.17, 15) is 13.2 Å². The van der Waals surface area contributed by atoms with Crippen LogP contribution in [0, 0.1) is 6.92 Å². The third-order valence-electron chi connectivity index (χ3n) is 4.62. The lowest BCUT2D eigenvalue weighted by Gasteiger charge is -2.24. The van der Waals surface area contributed by atoms with Gasteiger partial charge in [-0.25, -0.2) is 8.42 Å². The Morgan fingerprint density at radius 3 is 2.65 bits per heavy atom. The zero-order valence-electron chi connectivity index (χ0n) is 15.2. The van der Waals surface area contributed by atoms with Crippen LogP contribution in [0.2, 0.25) is 0 Å². The largest absolute Gasteiger partial charge is 0.361 e. The summed E-state index contributed by atoms with van der Waals surface area (Å²) in [5.74, 6) is 0.547. The molecule has 26 heavy (non-hydrogen) atoms. The van der Waals surface area contributed by atoms with Crippen molar-refractivity contribution in [2.75, 3.05) is 11.9 Å². The number of anilines is 1. The number of carbonyl (C=O) groups is 1. The molecule has 140 valence electrons. The lowest BCUT2D eigenvalue weighted by atomic mass is 10.0. The van der Waals surface area contributed by atoms with E-state index in [1.165, 1.54) is 19.1 Å². The predicted octanol–water partition coefficient (Wildman–Crippen LogP) is 3.03. The maximum atomic E-state index is 13.2. The predicted molar refractivity (Wildman–Crippen MR) is 97.2 cm³/mol. The first-order valence-electron chi connectivity index (χ1n) is 8.69. The summed E-state index contributed by atoms with van der Waals surface area (Å²) in [5.41, 5.74) is 2.20. The van der Waals surface area contributed by atoms with Crippen molar-refractivity contribution in [1.29, 1.82) is 0 Å². The fourth-order valence-corrected chi connectivity index (χ4v) is 5.14. The van der Waals surface area contributed by atoms with Crippen molar-refractivity contribution in [1.82, 2.24) is 9.46 Å². The lowest BCUT2D eigenvalue weighted by Crippen LogP contribution is -2.31. The van der Waals surface area contributed by atoms with Crippen LogP contribution in [0.4, 0.5) is 5.69 Å². The molecule has 0 radical (unpaired) electrons. The highest BCUT2D eigenvalue weighted by molar-refractivity contribution is 7.89. The summed E-state index contributed by atoms with van der Waals surface area (Å²) in [6.45, 7) is 5.70. The Morgan fingerprint density at radius 1 is 1.35 bits per heavy atom. The summed E-state index contributed by atoms with van der Waals surface area (Å²) >= 11 is 0. The van der Waals surface area contributed by atoms with E-state index < -0.39 is 10.0 Å². The highest BCUT2D eigenvalue weighted by Gasteiger charge is 2.39. The molecule has 0 saturated carbocycles. The number of nitrogens with zero attached hydrogens (tertiary/aromatic N) is 2. The summed E-state index contributed by atoms with van der Waals surface area (Å²) in [6.07, 6.45) is 2.21. The van der Waals surface area contributed by atoms with Gasteiger partial charge in [0.15, 0.2) is 0 Å². The van der Waals surface area contributed by atoms with Crippen molar-refractivity contribution in [3.63, 3.8) is 0 Å². The molecule has 7 nitrogen and oxygen atoms in total. The minimum absolute atomic E-state index is 0.199. The second kappa shape index (κ2) is 7.20. The molecule has 1 saturated heterocycles. The van der Waals surface area contributed by atoms with E-state index in [-0.39, 0.29) is 16.8 Å². The van der Waals surface area contributed by atoms with Gasteiger partial charge in [0.25, 0.3) is 0 Å². The Balaban J connectivity index is 1.93. The summed E-state index contributed by atoms with van der Waals surface area (Å²) in [5, 5.41) is 6.66. The zero-order valence-corrected chi connectivity index (χ0v) is 16.0. The van der Waals surface area contributed by atoms with Crippen LogP contribution in [-0.4, -0.2) is 30.3 Å². The van der Waals surface area contributed by atoms with Crippen LogP contribution in [-0.2, 0) is 21.2 Å². The molecule has 1 aromatic heterocycles. The molecule has 1 unspecified atom stereocenters. The molecule has 1 aliphatic heterocycles. The minimum Gasteiger partial charge on any atom is -0.361 e. The molecule has 1 fully saturated rings.